The highest BCUT2D eigenvalue weighted by Gasteiger charge is 1.89. The van der Waals surface area contributed by atoms with Gasteiger partial charge in [-0.05, 0) is 29.1 Å². The Hall–Kier alpha value is -0.540. The zero-order valence-electron chi connectivity index (χ0n) is 7.90. The van der Waals surface area contributed by atoms with Gasteiger partial charge in [-0.25, -0.2) is 0 Å². The van der Waals surface area contributed by atoms with Crippen LogP contribution in [0.1, 0.15) is 13.8 Å². The lowest BCUT2D eigenvalue weighted by Crippen LogP contribution is -1.96. The molecule has 3 heteroatoms. The maximum atomic E-state index is 4.62. The molecule has 0 bridgehead atoms. The van der Waals surface area contributed by atoms with E-state index in [0.717, 1.165) is 5.57 Å². The Labute approximate surface area is 91.0 Å². The van der Waals surface area contributed by atoms with E-state index in [1.807, 2.05) is 12.2 Å². The van der Waals surface area contributed by atoms with Crippen molar-refractivity contribution in [1.82, 2.24) is 5.32 Å². The first-order chi connectivity index (χ1) is 6.20. The summed E-state index contributed by atoms with van der Waals surface area (Å²) in [6.45, 7) is 4.26. The summed E-state index contributed by atoms with van der Waals surface area (Å²) in [5, 5.41) is 4.54. The maximum absolute atomic E-state index is 4.62. The molecule has 0 aliphatic heterocycles. The molecule has 0 unspecified atom stereocenters. The first-order valence-corrected chi connectivity index (χ1v) is 5.08. The molecule has 0 aliphatic rings. The average Bonchev–Trinajstić information content (AvgIpc) is 2.04. The van der Waals surface area contributed by atoms with Crippen LogP contribution < -0.4 is 5.32 Å². The Bertz CT molecular complexity index is 227. The minimum absolute atomic E-state index is 0.525. The predicted octanol–water partition coefficient (Wildman–Crippen LogP) is 3.07. The quantitative estimate of drug-likeness (QED) is 0.413. The highest BCUT2D eigenvalue weighted by molar-refractivity contribution is 7.83. The molecule has 0 amide bonds. The molecule has 0 radical (unpaired) electrons. The summed E-state index contributed by atoms with van der Waals surface area (Å²) in [5.74, 6) is 0.525. The van der Waals surface area contributed by atoms with Crippen LogP contribution in [0.2, 0.25) is 0 Å². The Morgan fingerprint density at radius 2 is 2.08 bits per heavy atom. The first kappa shape index (κ1) is 12.5. The van der Waals surface area contributed by atoms with Gasteiger partial charge in [-0.15, -0.1) is 0 Å². The maximum Gasteiger partial charge on any atom is 0.0654 e. The molecule has 0 aromatic carbocycles. The molecule has 0 aromatic rings. The number of rotatable bonds is 5. The van der Waals surface area contributed by atoms with Crippen molar-refractivity contribution in [1.29, 1.82) is 0 Å². The van der Waals surface area contributed by atoms with E-state index in [4.69, 9.17) is 0 Å². The standard InChI is InChI=1S/C10H15NS2/c1-9(2)7-10(4-6-12)3-5-11-8-13/h3-9,12H,1-2H3,(H,11,13)/b5-3-,6-4-,10-7+. The monoisotopic (exact) mass is 213 g/mol. The fourth-order valence-corrected chi connectivity index (χ4v) is 1.07. The Balaban J connectivity index is 4.33. The van der Waals surface area contributed by atoms with E-state index < -0.39 is 0 Å². The summed E-state index contributed by atoms with van der Waals surface area (Å²) in [7, 11) is 0. The van der Waals surface area contributed by atoms with Crippen molar-refractivity contribution in [2.45, 2.75) is 13.8 Å². The van der Waals surface area contributed by atoms with E-state index in [1.54, 1.807) is 11.6 Å². The predicted molar refractivity (Wildman–Crippen MR) is 67.0 cm³/mol. The summed E-state index contributed by atoms with van der Waals surface area (Å²) < 4.78 is 0. The van der Waals surface area contributed by atoms with Crippen LogP contribution in [0, 0.1) is 5.92 Å². The average molecular weight is 213 g/mol. The number of allylic oxidation sites excluding steroid dienone is 4. The van der Waals surface area contributed by atoms with E-state index in [1.165, 1.54) is 5.49 Å². The third kappa shape index (κ3) is 7.81. The van der Waals surface area contributed by atoms with Crippen molar-refractivity contribution in [2.75, 3.05) is 0 Å². The van der Waals surface area contributed by atoms with Gasteiger partial charge in [0.2, 0.25) is 0 Å². The molecule has 0 rings (SSSR count). The van der Waals surface area contributed by atoms with E-state index in [0.29, 0.717) is 5.92 Å². The van der Waals surface area contributed by atoms with E-state index >= 15 is 0 Å². The van der Waals surface area contributed by atoms with Gasteiger partial charge < -0.3 is 5.32 Å². The van der Waals surface area contributed by atoms with Crippen molar-refractivity contribution in [3.63, 3.8) is 0 Å². The lowest BCUT2D eigenvalue weighted by molar-refractivity contribution is 0.828. The second-order valence-electron chi connectivity index (χ2n) is 2.84. The molecule has 1 nitrogen and oxygen atoms in total. The van der Waals surface area contributed by atoms with Gasteiger partial charge in [-0.3, -0.25) is 0 Å². The van der Waals surface area contributed by atoms with E-state index in [2.05, 4.69) is 50.1 Å². The van der Waals surface area contributed by atoms with Gasteiger partial charge in [0.15, 0.2) is 0 Å². The third-order valence-electron chi connectivity index (χ3n) is 1.23. The van der Waals surface area contributed by atoms with Gasteiger partial charge in [-0.2, -0.15) is 12.6 Å². The van der Waals surface area contributed by atoms with Crippen molar-refractivity contribution in [2.24, 2.45) is 5.92 Å². The molecule has 0 spiro atoms. The van der Waals surface area contributed by atoms with Crippen LogP contribution in [0.4, 0.5) is 0 Å². The molecule has 0 aliphatic carbocycles. The zero-order valence-corrected chi connectivity index (χ0v) is 9.61. The van der Waals surface area contributed by atoms with Crippen LogP contribution in [0.3, 0.4) is 0 Å². The fourth-order valence-electron chi connectivity index (χ4n) is 0.821. The number of thiol groups is 1. The minimum Gasteiger partial charge on any atom is -0.359 e. The highest BCUT2D eigenvalue weighted by atomic mass is 32.1. The summed E-state index contributed by atoms with van der Waals surface area (Å²) in [6, 6.07) is 0. The van der Waals surface area contributed by atoms with Gasteiger partial charge in [0.25, 0.3) is 0 Å². The Morgan fingerprint density at radius 3 is 2.54 bits per heavy atom. The topological polar surface area (TPSA) is 12.0 Å². The largest absolute Gasteiger partial charge is 0.359 e. The molecule has 0 aromatic heterocycles. The number of nitrogens with one attached hydrogen (secondary N) is 1. The molecule has 0 atom stereocenters. The second-order valence-corrected chi connectivity index (χ2v) is 3.38. The number of hydrogen-bond acceptors (Lipinski definition) is 2. The molecule has 0 fully saturated rings. The Morgan fingerprint density at radius 1 is 1.38 bits per heavy atom. The third-order valence-corrected chi connectivity index (χ3v) is 1.52. The molecule has 0 saturated heterocycles. The van der Waals surface area contributed by atoms with Crippen LogP contribution in [0.5, 0.6) is 0 Å². The smallest absolute Gasteiger partial charge is 0.0654 e. The summed E-state index contributed by atoms with van der Waals surface area (Å²) in [5.41, 5.74) is 2.59. The summed E-state index contributed by atoms with van der Waals surface area (Å²) in [6.07, 6.45) is 7.84. The molecule has 0 heterocycles. The molecule has 0 saturated carbocycles. The van der Waals surface area contributed by atoms with Gasteiger partial charge in [-0.1, -0.05) is 32.1 Å². The van der Waals surface area contributed by atoms with Crippen LogP contribution in [0.25, 0.3) is 0 Å². The second kappa shape index (κ2) is 8.08. The molecule has 13 heavy (non-hydrogen) atoms. The summed E-state index contributed by atoms with van der Waals surface area (Å²) in [4.78, 5) is 0. The van der Waals surface area contributed by atoms with Crippen molar-refractivity contribution in [3.05, 3.63) is 35.4 Å². The normalized spacial score (nSPS) is 13.1. The molecular weight excluding hydrogens is 198 g/mol. The molecular formula is C10H15NS2. The lowest BCUT2D eigenvalue weighted by atomic mass is 10.1. The molecule has 72 valence electrons. The van der Waals surface area contributed by atoms with Gasteiger partial charge in [0.05, 0.1) is 5.49 Å². The Kier molecular flexibility index (Phi) is 7.74. The highest BCUT2D eigenvalue weighted by Crippen LogP contribution is 2.05. The van der Waals surface area contributed by atoms with Crippen LogP contribution in [-0.2, 0) is 0 Å². The summed E-state index contributed by atoms with van der Waals surface area (Å²) >= 11 is 8.64. The minimum atomic E-state index is 0.525. The van der Waals surface area contributed by atoms with Gasteiger partial charge in [0, 0.05) is 6.20 Å². The van der Waals surface area contributed by atoms with Crippen molar-refractivity contribution in [3.8, 4) is 0 Å². The van der Waals surface area contributed by atoms with Gasteiger partial charge in [0.1, 0.15) is 0 Å². The van der Waals surface area contributed by atoms with Crippen LogP contribution >= 0.6 is 24.8 Å². The fraction of sp³-hybridized carbons (Fsp3) is 0.300. The number of thiocarbonyl (C=S) groups is 1. The van der Waals surface area contributed by atoms with Crippen LogP contribution in [0.15, 0.2) is 35.4 Å². The van der Waals surface area contributed by atoms with Crippen molar-refractivity contribution < 1.29 is 0 Å². The SMILES string of the molecule is CC(C)/C=C(/C=C\S)\C=C/NC=S. The lowest BCUT2D eigenvalue weighted by Gasteiger charge is -1.98. The van der Waals surface area contributed by atoms with Crippen molar-refractivity contribution >= 4 is 30.3 Å². The first-order valence-electron chi connectivity index (χ1n) is 4.09. The van der Waals surface area contributed by atoms with E-state index in [-0.39, 0.29) is 0 Å². The van der Waals surface area contributed by atoms with E-state index in [9.17, 15) is 0 Å². The number of hydrogen-bond donors (Lipinski definition) is 2. The zero-order chi connectivity index (χ0) is 10.1. The molecule has 1 N–H and O–H groups in total. The van der Waals surface area contributed by atoms with Crippen LogP contribution in [-0.4, -0.2) is 5.49 Å². The van der Waals surface area contributed by atoms with Gasteiger partial charge >= 0.3 is 0 Å².